The quantitative estimate of drug-likeness (QED) is 0.863. The van der Waals surface area contributed by atoms with Gasteiger partial charge in [0.05, 0.1) is 13.2 Å². The van der Waals surface area contributed by atoms with Crippen molar-refractivity contribution in [1.82, 2.24) is 4.90 Å². The maximum absolute atomic E-state index is 12.1. The van der Waals surface area contributed by atoms with Crippen LogP contribution in [0.5, 0.6) is 0 Å². The summed E-state index contributed by atoms with van der Waals surface area (Å²) in [5.74, 6) is -0.546. The van der Waals surface area contributed by atoms with Crippen molar-refractivity contribution in [2.75, 3.05) is 25.0 Å². The number of urea groups is 1. The number of hydrogen-bond acceptors (Lipinski definition) is 3. The third-order valence-corrected chi connectivity index (χ3v) is 3.26. The summed E-state index contributed by atoms with van der Waals surface area (Å²) in [6, 6.07) is 7.44. The second kappa shape index (κ2) is 6.38. The van der Waals surface area contributed by atoms with Gasteiger partial charge < -0.3 is 20.7 Å². The molecule has 108 valence electrons. The Balaban J connectivity index is 1.98. The first-order valence-corrected chi connectivity index (χ1v) is 6.66. The van der Waals surface area contributed by atoms with Gasteiger partial charge in [-0.2, -0.15) is 0 Å². The molecule has 20 heavy (non-hydrogen) atoms. The summed E-state index contributed by atoms with van der Waals surface area (Å²) >= 11 is 0. The minimum absolute atomic E-state index is 0.189. The first-order valence-electron chi connectivity index (χ1n) is 6.66. The lowest BCUT2D eigenvalue weighted by atomic mass is 10.1. The number of aryl methyl sites for hydroxylation is 1. The van der Waals surface area contributed by atoms with Gasteiger partial charge in [0.1, 0.15) is 0 Å². The van der Waals surface area contributed by atoms with E-state index in [9.17, 15) is 9.59 Å². The molecule has 2 rings (SSSR count). The zero-order valence-corrected chi connectivity index (χ0v) is 11.5. The van der Waals surface area contributed by atoms with Gasteiger partial charge in [0.25, 0.3) is 0 Å². The molecule has 0 aromatic heterocycles. The summed E-state index contributed by atoms with van der Waals surface area (Å²) in [5, 5.41) is 2.83. The molecule has 0 bridgehead atoms. The van der Waals surface area contributed by atoms with Crippen LogP contribution in [0.25, 0.3) is 0 Å². The molecule has 1 aliphatic rings. The fraction of sp³-hybridized carbons (Fsp3) is 0.429. The van der Waals surface area contributed by atoms with Gasteiger partial charge in [-0.3, -0.25) is 4.79 Å². The van der Waals surface area contributed by atoms with Crippen LogP contribution in [-0.2, 0) is 16.0 Å². The van der Waals surface area contributed by atoms with Crippen LogP contribution in [0.3, 0.4) is 0 Å². The molecular weight excluding hydrogens is 258 g/mol. The van der Waals surface area contributed by atoms with Crippen LogP contribution in [0, 0.1) is 0 Å². The summed E-state index contributed by atoms with van der Waals surface area (Å²) in [6.45, 7) is 3.01. The molecule has 3 amide bonds. The number of benzene rings is 1. The van der Waals surface area contributed by atoms with Gasteiger partial charge >= 0.3 is 6.03 Å². The van der Waals surface area contributed by atoms with Crippen molar-refractivity contribution in [3.8, 4) is 0 Å². The minimum Gasteiger partial charge on any atom is -0.367 e. The molecule has 1 atom stereocenters. The topological polar surface area (TPSA) is 84.7 Å². The Labute approximate surface area is 117 Å². The van der Waals surface area contributed by atoms with E-state index in [0.717, 1.165) is 17.7 Å². The third-order valence-electron chi connectivity index (χ3n) is 3.26. The van der Waals surface area contributed by atoms with E-state index in [4.69, 9.17) is 10.5 Å². The molecule has 3 N–H and O–H groups in total. The highest BCUT2D eigenvalue weighted by Gasteiger charge is 2.27. The van der Waals surface area contributed by atoms with Crippen molar-refractivity contribution in [2.45, 2.75) is 19.4 Å². The van der Waals surface area contributed by atoms with Gasteiger partial charge in [-0.25, -0.2) is 4.79 Å². The monoisotopic (exact) mass is 277 g/mol. The molecule has 1 saturated heterocycles. The highest BCUT2D eigenvalue weighted by molar-refractivity contribution is 5.90. The molecule has 1 fully saturated rings. The molecule has 1 aliphatic heterocycles. The first kappa shape index (κ1) is 14.3. The number of nitrogens with zero attached hydrogens (tertiary/aromatic N) is 1. The molecule has 6 nitrogen and oxygen atoms in total. The lowest BCUT2D eigenvalue weighted by molar-refractivity contribution is -0.133. The van der Waals surface area contributed by atoms with Crippen molar-refractivity contribution in [1.29, 1.82) is 0 Å². The van der Waals surface area contributed by atoms with Crippen molar-refractivity contribution < 1.29 is 14.3 Å². The van der Waals surface area contributed by atoms with Gasteiger partial charge in [-0.1, -0.05) is 19.1 Å². The standard InChI is InChI=1S/C14H19N3O3/c1-2-10-4-3-5-11(8-10)16-14(19)17-6-7-20-12(9-17)13(15)18/h3-5,8,12H,2,6-7,9H2,1H3,(H2,15,18)(H,16,19)/t12-/m0/s1. The summed E-state index contributed by atoms with van der Waals surface area (Å²) in [4.78, 5) is 24.8. The fourth-order valence-corrected chi connectivity index (χ4v) is 2.08. The van der Waals surface area contributed by atoms with E-state index in [1.165, 1.54) is 4.90 Å². The molecule has 6 heteroatoms. The number of hydrogen-bond donors (Lipinski definition) is 2. The molecule has 1 aromatic carbocycles. The number of nitrogens with two attached hydrogens (primary N) is 1. The predicted octanol–water partition coefficient (Wildman–Crippen LogP) is 0.967. The predicted molar refractivity (Wildman–Crippen MR) is 75.3 cm³/mol. The molecule has 0 radical (unpaired) electrons. The Kier molecular flexibility index (Phi) is 4.57. The number of carbonyl (C=O) groups is 2. The summed E-state index contributed by atoms with van der Waals surface area (Å²) in [7, 11) is 0. The maximum atomic E-state index is 12.1. The Morgan fingerprint density at radius 3 is 3.00 bits per heavy atom. The van der Waals surface area contributed by atoms with E-state index in [-0.39, 0.29) is 12.6 Å². The lowest BCUT2D eigenvalue weighted by Crippen LogP contribution is -2.51. The second-order valence-electron chi connectivity index (χ2n) is 4.69. The Bertz CT molecular complexity index is 504. The number of ether oxygens (including phenoxy) is 1. The van der Waals surface area contributed by atoms with Crippen molar-refractivity contribution >= 4 is 17.6 Å². The van der Waals surface area contributed by atoms with Crippen LogP contribution in [0.15, 0.2) is 24.3 Å². The van der Waals surface area contributed by atoms with E-state index >= 15 is 0 Å². The highest BCUT2D eigenvalue weighted by atomic mass is 16.5. The van der Waals surface area contributed by atoms with E-state index in [1.54, 1.807) is 0 Å². The zero-order valence-electron chi connectivity index (χ0n) is 11.5. The molecule has 0 aliphatic carbocycles. The van der Waals surface area contributed by atoms with Crippen LogP contribution in [0.2, 0.25) is 0 Å². The zero-order chi connectivity index (χ0) is 14.5. The van der Waals surface area contributed by atoms with Gasteiger partial charge in [-0.15, -0.1) is 0 Å². The largest absolute Gasteiger partial charge is 0.367 e. The maximum Gasteiger partial charge on any atom is 0.322 e. The molecule has 0 unspecified atom stereocenters. The number of nitrogens with one attached hydrogen (secondary N) is 1. The number of anilines is 1. The van der Waals surface area contributed by atoms with Crippen LogP contribution in [-0.4, -0.2) is 42.6 Å². The fourth-order valence-electron chi connectivity index (χ4n) is 2.08. The van der Waals surface area contributed by atoms with Crippen LogP contribution < -0.4 is 11.1 Å². The van der Waals surface area contributed by atoms with Crippen molar-refractivity contribution in [2.24, 2.45) is 5.73 Å². The number of amides is 3. The van der Waals surface area contributed by atoms with E-state index < -0.39 is 12.0 Å². The molecular formula is C14H19N3O3. The molecule has 1 aromatic rings. The van der Waals surface area contributed by atoms with Crippen molar-refractivity contribution in [3.63, 3.8) is 0 Å². The Hall–Kier alpha value is -2.08. The summed E-state index contributed by atoms with van der Waals surface area (Å²) < 4.78 is 5.21. The normalized spacial score (nSPS) is 18.6. The van der Waals surface area contributed by atoms with Gasteiger partial charge in [0.2, 0.25) is 5.91 Å². The average Bonchev–Trinajstić information content (AvgIpc) is 2.47. The summed E-state index contributed by atoms with van der Waals surface area (Å²) in [5.41, 5.74) is 7.10. The van der Waals surface area contributed by atoms with Gasteiger partial charge in [-0.05, 0) is 24.1 Å². The number of carbonyl (C=O) groups excluding carboxylic acids is 2. The molecule has 0 saturated carbocycles. The van der Waals surface area contributed by atoms with E-state index in [1.807, 2.05) is 24.3 Å². The van der Waals surface area contributed by atoms with Gasteiger partial charge in [0.15, 0.2) is 6.10 Å². The highest BCUT2D eigenvalue weighted by Crippen LogP contribution is 2.13. The Morgan fingerprint density at radius 2 is 2.30 bits per heavy atom. The second-order valence-corrected chi connectivity index (χ2v) is 4.69. The average molecular weight is 277 g/mol. The number of rotatable bonds is 3. The number of morpholine rings is 1. The third kappa shape index (κ3) is 3.48. The lowest BCUT2D eigenvalue weighted by Gasteiger charge is -2.31. The van der Waals surface area contributed by atoms with Crippen molar-refractivity contribution in [3.05, 3.63) is 29.8 Å². The van der Waals surface area contributed by atoms with E-state index in [2.05, 4.69) is 12.2 Å². The van der Waals surface area contributed by atoms with Gasteiger partial charge in [0, 0.05) is 12.2 Å². The van der Waals surface area contributed by atoms with E-state index in [0.29, 0.717) is 13.2 Å². The SMILES string of the molecule is CCc1cccc(NC(=O)N2CCO[C@H](C(N)=O)C2)c1. The van der Waals surface area contributed by atoms with Crippen LogP contribution >= 0.6 is 0 Å². The Morgan fingerprint density at radius 1 is 1.50 bits per heavy atom. The number of primary amides is 1. The summed E-state index contributed by atoms with van der Waals surface area (Å²) in [6.07, 6.45) is 0.182. The smallest absolute Gasteiger partial charge is 0.322 e. The van der Waals surface area contributed by atoms with Crippen LogP contribution in [0.1, 0.15) is 12.5 Å². The first-order chi connectivity index (χ1) is 9.60. The molecule has 1 heterocycles. The van der Waals surface area contributed by atoms with Crippen LogP contribution in [0.4, 0.5) is 10.5 Å². The minimum atomic E-state index is -0.725. The molecule has 0 spiro atoms.